The third kappa shape index (κ3) is 5.43. The van der Waals surface area contributed by atoms with E-state index in [0.717, 1.165) is 55.2 Å². The van der Waals surface area contributed by atoms with Crippen molar-refractivity contribution in [2.75, 3.05) is 25.1 Å². The van der Waals surface area contributed by atoms with Crippen LogP contribution < -0.4 is 11.1 Å². The number of unbranched alkanes of at least 4 members (excludes halogenated alkanes) is 1. The van der Waals surface area contributed by atoms with Crippen LogP contribution in [0.25, 0.3) is 0 Å². The van der Waals surface area contributed by atoms with E-state index in [2.05, 4.69) is 17.2 Å². The average molecular weight is 295 g/mol. The molecule has 1 aromatic rings. The predicted molar refractivity (Wildman–Crippen MR) is 88.4 cm³/mol. The number of hydrogen-bond donors (Lipinski definition) is 2. The maximum absolute atomic E-state index is 5.78. The van der Waals surface area contributed by atoms with Crippen LogP contribution in [0.4, 0.5) is 5.69 Å². The number of pyridine rings is 1. The molecule has 0 aliphatic rings. The maximum Gasteiger partial charge on any atom is 0.107 e. The van der Waals surface area contributed by atoms with Gasteiger partial charge in [0.2, 0.25) is 0 Å². The van der Waals surface area contributed by atoms with Crippen molar-refractivity contribution in [1.29, 1.82) is 0 Å². The van der Waals surface area contributed by atoms with Crippen molar-refractivity contribution in [2.45, 2.75) is 40.0 Å². The van der Waals surface area contributed by atoms with Crippen LogP contribution in [0.2, 0.25) is 0 Å². The molecule has 20 heavy (non-hydrogen) atoms. The summed E-state index contributed by atoms with van der Waals surface area (Å²) in [5.74, 6) is 0. The molecule has 0 bridgehead atoms. The minimum atomic E-state index is 0.386. The van der Waals surface area contributed by atoms with Gasteiger partial charge in [-0.25, -0.2) is 0 Å². The summed E-state index contributed by atoms with van der Waals surface area (Å²) in [6.45, 7) is 8.53. The van der Waals surface area contributed by atoms with E-state index in [9.17, 15) is 0 Å². The molecule has 1 rings (SSSR count). The van der Waals surface area contributed by atoms with Crippen LogP contribution in [0.15, 0.2) is 6.07 Å². The highest BCUT2D eigenvalue weighted by atomic mass is 32.1. The lowest BCUT2D eigenvalue weighted by Crippen LogP contribution is -2.17. The fraction of sp³-hybridized carbons (Fsp3) is 0.600. The van der Waals surface area contributed by atoms with Gasteiger partial charge in [0.15, 0.2) is 0 Å². The molecule has 0 saturated heterocycles. The molecule has 0 aromatic carbocycles. The molecule has 0 amide bonds. The number of nitrogens with zero attached hydrogens (tertiary/aromatic N) is 1. The van der Waals surface area contributed by atoms with Gasteiger partial charge in [0, 0.05) is 36.8 Å². The van der Waals surface area contributed by atoms with Crippen molar-refractivity contribution in [2.24, 2.45) is 5.73 Å². The number of hydrogen-bond acceptors (Lipinski definition) is 4. The van der Waals surface area contributed by atoms with E-state index < -0.39 is 0 Å². The summed E-state index contributed by atoms with van der Waals surface area (Å²) in [5.41, 5.74) is 9.43. The van der Waals surface area contributed by atoms with Gasteiger partial charge in [-0.15, -0.1) is 0 Å². The van der Waals surface area contributed by atoms with Gasteiger partial charge in [0.25, 0.3) is 0 Å². The molecule has 0 spiro atoms. The molecule has 4 nitrogen and oxygen atoms in total. The summed E-state index contributed by atoms with van der Waals surface area (Å²) in [4.78, 5) is 4.79. The van der Waals surface area contributed by atoms with Crippen molar-refractivity contribution in [3.05, 3.63) is 23.0 Å². The largest absolute Gasteiger partial charge is 0.389 e. The summed E-state index contributed by atoms with van der Waals surface area (Å²) >= 11 is 5.10. The minimum absolute atomic E-state index is 0.386. The zero-order chi connectivity index (χ0) is 15.0. The molecular weight excluding hydrogens is 270 g/mol. The normalized spacial score (nSPS) is 10.6. The van der Waals surface area contributed by atoms with E-state index in [1.54, 1.807) is 0 Å². The van der Waals surface area contributed by atoms with Crippen LogP contribution in [0.1, 0.15) is 43.1 Å². The second-order valence-electron chi connectivity index (χ2n) is 4.88. The Bertz CT molecular complexity index is 449. The zero-order valence-electron chi connectivity index (χ0n) is 12.7. The molecule has 1 aromatic heterocycles. The standard InChI is InChI=1S/C15H25N3OS/c1-4-5-8-19-9-6-7-17-13-10-11(2)18-12(3)14(13)15(16)20/h10H,4-9H2,1-3H3,(H2,16,20)(H,17,18). The number of anilines is 1. The third-order valence-corrected chi connectivity index (χ3v) is 3.20. The molecule has 1 heterocycles. The van der Waals surface area contributed by atoms with Crippen molar-refractivity contribution < 1.29 is 4.74 Å². The SMILES string of the molecule is CCCCOCCCNc1cc(C)nc(C)c1C(N)=S. The molecule has 112 valence electrons. The monoisotopic (exact) mass is 295 g/mol. The quantitative estimate of drug-likeness (QED) is 0.542. The molecule has 0 fully saturated rings. The molecule has 0 aliphatic heterocycles. The Balaban J connectivity index is 2.49. The first kappa shape index (κ1) is 16.9. The molecule has 0 saturated carbocycles. The highest BCUT2D eigenvalue weighted by Gasteiger charge is 2.10. The lowest BCUT2D eigenvalue weighted by atomic mass is 10.1. The maximum atomic E-state index is 5.78. The molecule has 0 atom stereocenters. The van der Waals surface area contributed by atoms with Gasteiger partial charge < -0.3 is 15.8 Å². The Labute approximate surface area is 127 Å². The first-order chi connectivity index (χ1) is 9.56. The highest BCUT2D eigenvalue weighted by Crippen LogP contribution is 2.19. The summed E-state index contributed by atoms with van der Waals surface area (Å²) in [6, 6.07) is 1.99. The Morgan fingerprint density at radius 1 is 1.35 bits per heavy atom. The minimum Gasteiger partial charge on any atom is -0.389 e. The van der Waals surface area contributed by atoms with Crippen LogP contribution in [-0.4, -0.2) is 29.7 Å². The van der Waals surface area contributed by atoms with E-state index in [-0.39, 0.29) is 0 Å². The summed E-state index contributed by atoms with van der Waals surface area (Å²) in [6.07, 6.45) is 3.26. The molecular formula is C15H25N3OS. The smallest absolute Gasteiger partial charge is 0.107 e. The fourth-order valence-electron chi connectivity index (χ4n) is 2.02. The van der Waals surface area contributed by atoms with Crippen molar-refractivity contribution in [3.63, 3.8) is 0 Å². The Morgan fingerprint density at radius 3 is 2.70 bits per heavy atom. The number of nitrogens with two attached hydrogens (primary N) is 1. The van der Waals surface area contributed by atoms with Crippen LogP contribution in [-0.2, 0) is 4.74 Å². The first-order valence-electron chi connectivity index (χ1n) is 7.16. The van der Waals surface area contributed by atoms with E-state index >= 15 is 0 Å². The van der Waals surface area contributed by atoms with E-state index in [4.69, 9.17) is 22.7 Å². The lowest BCUT2D eigenvalue weighted by Gasteiger charge is -2.14. The van der Waals surface area contributed by atoms with Crippen molar-refractivity contribution >= 4 is 22.9 Å². The molecule has 0 aliphatic carbocycles. The summed E-state index contributed by atoms with van der Waals surface area (Å²) < 4.78 is 5.53. The number of rotatable bonds is 9. The summed E-state index contributed by atoms with van der Waals surface area (Å²) in [5, 5.41) is 3.38. The molecule has 0 radical (unpaired) electrons. The number of aromatic nitrogens is 1. The third-order valence-electron chi connectivity index (χ3n) is 3.00. The lowest BCUT2D eigenvalue weighted by molar-refractivity contribution is 0.131. The van der Waals surface area contributed by atoms with Crippen molar-refractivity contribution in [3.8, 4) is 0 Å². The van der Waals surface area contributed by atoms with E-state index in [1.807, 2.05) is 19.9 Å². The number of thiocarbonyl (C=S) groups is 1. The van der Waals surface area contributed by atoms with Gasteiger partial charge in [-0.2, -0.15) is 0 Å². The molecule has 0 unspecified atom stereocenters. The van der Waals surface area contributed by atoms with Crippen molar-refractivity contribution in [1.82, 2.24) is 4.98 Å². The first-order valence-corrected chi connectivity index (χ1v) is 7.56. The highest BCUT2D eigenvalue weighted by molar-refractivity contribution is 7.80. The fourth-order valence-corrected chi connectivity index (χ4v) is 2.28. The van der Waals surface area contributed by atoms with Gasteiger partial charge >= 0.3 is 0 Å². The summed E-state index contributed by atoms with van der Waals surface area (Å²) in [7, 11) is 0. The van der Waals surface area contributed by atoms with Crippen LogP contribution in [0.5, 0.6) is 0 Å². The zero-order valence-corrected chi connectivity index (χ0v) is 13.5. The molecule has 5 heteroatoms. The Morgan fingerprint density at radius 2 is 2.05 bits per heavy atom. The van der Waals surface area contributed by atoms with Gasteiger partial charge in [-0.3, -0.25) is 4.98 Å². The predicted octanol–water partition coefficient (Wildman–Crippen LogP) is 2.95. The second-order valence-corrected chi connectivity index (χ2v) is 5.32. The Kier molecular flexibility index (Phi) is 7.47. The molecule has 3 N–H and O–H groups in total. The van der Waals surface area contributed by atoms with Gasteiger partial charge in [0.1, 0.15) is 4.99 Å². The number of ether oxygens (including phenoxy) is 1. The number of nitrogens with one attached hydrogen (secondary N) is 1. The Hall–Kier alpha value is -1.20. The number of aryl methyl sites for hydroxylation is 2. The second kappa shape index (κ2) is 8.87. The average Bonchev–Trinajstić information content (AvgIpc) is 2.36. The van der Waals surface area contributed by atoms with Gasteiger partial charge in [-0.05, 0) is 32.8 Å². The van der Waals surface area contributed by atoms with Crippen LogP contribution in [0, 0.1) is 13.8 Å². The topological polar surface area (TPSA) is 60.2 Å². The van der Waals surface area contributed by atoms with Crippen LogP contribution >= 0.6 is 12.2 Å². The van der Waals surface area contributed by atoms with Crippen LogP contribution in [0.3, 0.4) is 0 Å². The van der Waals surface area contributed by atoms with Gasteiger partial charge in [-0.1, -0.05) is 25.6 Å². The van der Waals surface area contributed by atoms with E-state index in [1.165, 1.54) is 6.42 Å². The van der Waals surface area contributed by atoms with Gasteiger partial charge in [0.05, 0.1) is 5.56 Å². The van der Waals surface area contributed by atoms with E-state index in [0.29, 0.717) is 4.99 Å².